The van der Waals surface area contributed by atoms with E-state index < -0.39 is 18.3 Å². The first-order valence-corrected chi connectivity index (χ1v) is 12.1. The van der Waals surface area contributed by atoms with Gasteiger partial charge in [-0.3, -0.25) is 4.79 Å². The topological polar surface area (TPSA) is 93.5 Å². The van der Waals surface area contributed by atoms with Gasteiger partial charge >= 0.3 is 6.09 Å². The van der Waals surface area contributed by atoms with E-state index in [0.29, 0.717) is 18.8 Å². The highest BCUT2D eigenvalue weighted by atomic mass is 16.5. The second-order valence-electron chi connectivity index (χ2n) is 9.46. The molecule has 0 aliphatic heterocycles. The van der Waals surface area contributed by atoms with Crippen molar-refractivity contribution in [1.29, 1.82) is 0 Å². The lowest BCUT2D eigenvalue weighted by Crippen LogP contribution is -2.53. The van der Waals surface area contributed by atoms with Gasteiger partial charge in [-0.2, -0.15) is 0 Å². The zero-order valence-electron chi connectivity index (χ0n) is 20.2. The van der Waals surface area contributed by atoms with Crippen LogP contribution in [0.1, 0.15) is 42.9 Å². The first-order valence-electron chi connectivity index (χ1n) is 12.1. The highest BCUT2D eigenvalue weighted by Gasteiger charge is 2.30. The Kier molecular flexibility index (Phi) is 7.83. The number of rotatable bonds is 9. The summed E-state index contributed by atoms with van der Waals surface area (Å²) in [6.07, 6.45) is -0.120. The molecule has 0 radical (unpaired) electrons. The summed E-state index contributed by atoms with van der Waals surface area (Å²) < 4.78 is 5.67. The monoisotopic (exact) mass is 471 g/mol. The number of carbonyl (C=O) groups excluding carboxylic acids is 2. The fraction of sp³-hybridized carbons (Fsp3) is 0.310. The Balaban J connectivity index is 1.43. The number of amides is 2. The molecule has 35 heavy (non-hydrogen) atoms. The molecule has 4 N–H and O–H groups in total. The lowest BCUT2D eigenvalue weighted by Gasteiger charge is -2.23. The molecular weight excluding hydrogens is 438 g/mol. The van der Waals surface area contributed by atoms with Crippen LogP contribution in [0.2, 0.25) is 0 Å². The molecule has 0 aromatic heterocycles. The SMILES string of the molecule is CC(C)C[C@H](N)NC(=O)[C@H](Cc1ccccc1)NC(=O)OCC1c2ccccc2-c2ccccc21. The van der Waals surface area contributed by atoms with Crippen molar-refractivity contribution in [2.75, 3.05) is 6.61 Å². The van der Waals surface area contributed by atoms with Gasteiger partial charge in [-0.15, -0.1) is 0 Å². The number of nitrogens with one attached hydrogen (secondary N) is 2. The molecule has 6 heteroatoms. The number of ether oxygens (including phenoxy) is 1. The molecule has 0 heterocycles. The quantitative estimate of drug-likeness (QED) is 0.398. The fourth-order valence-corrected chi connectivity index (χ4v) is 4.69. The lowest BCUT2D eigenvalue weighted by atomic mass is 9.98. The van der Waals surface area contributed by atoms with Gasteiger partial charge in [-0.05, 0) is 40.2 Å². The Hall–Kier alpha value is -3.64. The predicted molar refractivity (Wildman–Crippen MR) is 138 cm³/mol. The number of nitrogens with two attached hydrogens (primary N) is 1. The average Bonchev–Trinajstić information content (AvgIpc) is 3.16. The highest BCUT2D eigenvalue weighted by molar-refractivity contribution is 5.86. The molecule has 0 unspecified atom stereocenters. The molecule has 1 aliphatic rings. The van der Waals surface area contributed by atoms with Gasteiger partial charge in [0.1, 0.15) is 12.6 Å². The standard InChI is InChI=1S/C29H33N3O3/c1-19(2)16-27(30)32-28(33)26(17-20-10-4-3-5-11-20)31-29(34)35-18-25-23-14-8-6-12-21(23)22-13-7-9-15-24(22)25/h3-15,19,25-27H,16-18,30H2,1-2H3,(H,31,34)(H,32,33)/t26-,27+/m0/s1. The van der Waals surface area contributed by atoms with Crippen LogP contribution in [-0.4, -0.2) is 30.8 Å². The molecule has 0 saturated heterocycles. The van der Waals surface area contributed by atoms with E-state index in [9.17, 15) is 9.59 Å². The van der Waals surface area contributed by atoms with Crippen LogP contribution in [0.5, 0.6) is 0 Å². The van der Waals surface area contributed by atoms with E-state index in [2.05, 4.69) is 34.9 Å². The summed E-state index contributed by atoms with van der Waals surface area (Å²) >= 11 is 0. The van der Waals surface area contributed by atoms with Crippen molar-refractivity contribution in [3.05, 3.63) is 95.6 Å². The van der Waals surface area contributed by atoms with Gasteiger partial charge in [0.15, 0.2) is 0 Å². The Morgan fingerprint density at radius 3 is 2.03 bits per heavy atom. The average molecular weight is 472 g/mol. The molecule has 4 rings (SSSR count). The van der Waals surface area contributed by atoms with Crippen molar-refractivity contribution in [3.63, 3.8) is 0 Å². The Labute approximate surface area is 206 Å². The van der Waals surface area contributed by atoms with E-state index in [4.69, 9.17) is 10.5 Å². The van der Waals surface area contributed by atoms with Gasteiger partial charge in [0.25, 0.3) is 0 Å². The predicted octanol–water partition coefficient (Wildman–Crippen LogP) is 4.58. The van der Waals surface area contributed by atoms with Crippen molar-refractivity contribution in [3.8, 4) is 11.1 Å². The number of carbonyl (C=O) groups is 2. The Morgan fingerprint density at radius 2 is 1.43 bits per heavy atom. The molecule has 0 bridgehead atoms. The van der Waals surface area contributed by atoms with Gasteiger partial charge in [-0.1, -0.05) is 92.7 Å². The van der Waals surface area contributed by atoms with Gasteiger partial charge in [0.05, 0.1) is 6.17 Å². The largest absolute Gasteiger partial charge is 0.449 e. The summed E-state index contributed by atoms with van der Waals surface area (Å²) in [7, 11) is 0. The molecular formula is C29H33N3O3. The summed E-state index contributed by atoms with van der Waals surface area (Å²) in [4.78, 5) is 25.8. The maximum atomic E-state index is 13.0. The van der Waals surface area contributed by atoms with Crippen LogP contribution in [0.3, 0.4) is 0 Å². The maximum Gasteiger partial charge on any atom is 0.407 e. The Morgan fingerprint density at radius 1 is 0.857 bits per heavy atom. The van der Waals surface area contributed by atoms with Crippen LogP contribution >= 0.6 is 0 Å². The van der Waals surface area contributed by atoms with Crippen molar-refractivity contribution >= 4 is 12.0 Å². The summed E-state index contributed by atoms with van der Waals surface area (Å²) in [5.74, 6) is -0.0301. The number of benzene rings is 3. The highest BCUT2D eigenvalue weighted by Crippen LogP contribution is 2.44. The van der Waals surface area contributed by atoms with Gasteiger partial charge in [0.2, 0.25) is 5.91 Å². The summed E-state index contributed by atoms with van der Waals surface area (Å²) in [6, 6.07) is 25.1. The van der Waals surface area contributed by atoms with E-state index in [1.165, 1.54) is 0 Å². The molecule has 0 fully saturated rings. The number of hydrogen-bond donors (Lipinski definition) is 3. The van der Waals surface area contributed by atoms with Crippen LogP contribution in [0.25, 0.3) is 11.1 Å². The zero-order valence-corrected chi connectivity index (χ0v) is 20.2. The van der Waals surface area contributed by atoms with E-state index >= 15 is 0 Å². The van der Waals surface area contributed by atoms with Crippen LogP contribution in [-0.2, 0) is 16.0 Å². The first kappa shape index (κ1) is 24.5. The summed E-state index contributed by atoms with van der Waals surface area (Å²) in [5, 5.41) is 5.60. The van der Waals surface area contributed by atoms with E-state index in [0.717, 1.165) is 27.8 Å². The number of fused-ring (bicyclic) bond motifs is 3. The molecule has 182 valence electrons. The van der Waals surface area contributed by atoms with Crippen molar-refractivity contribution < 1.29 is 14.3 Å². The van der Waals surface area contributed by atoms with E-state index in [-0.39, 0.29) is 18.4 Å². The van der Waals surface area contributed by atoms with Gasteiger partial charge in [-0.25, -0.2) is 4.79 Å². The smallest absolute Gasteiger partial charge is 0.407 e. The van der Waals surface area contributed by atoms with Crippen LogP contribution in [0.15, 0.2) is 78.9 Å². The normalized spacial score (nSPS) is 14.1. The van der Waals surface area contributed by atoms with Crippen LogP contribution in [0, 0.1) is 5.92 Å². The number of alkyl carbamates (subject to hydrolysis) is 1. The second-order valence-corrected chi connectivity index (χ2v) is 9.46. The fourth-order valence-electron chi connectivity index (χ4n) is 4.69. The Bertz CT molecular complexity index is 1120. The zero-order chi connectivity index (χ0) is 24.8. The summed E-state index contributed by atoms with van der Waals surface area (Å²) in [6.45, 7) is 4.28. The minimum atomic E-state index is -0.800. The van der Waals surface area contributed by atoms with E-state index in [1.807, 2.05) is 68.4 Å². The summed E-state index contributed by atoms with van der Waals surface area (Å²) in [5.41, 5.74) is 11.6. The van der Waals surface area contributed by atoms with Crippen molar-refractivity contribution in [2.45, 2.75) is 44.8 Å². The molecule has 6 nitrogen and oxygen atoms in total. The third-order valence-electron chi connectivity index (χ3n) is 6.29. The molecule has 3 aromatic rings. The molecule has 3 aromatic carbocycles. The van der Waals surface area contributed by atoms with Crippen molar-refractivity contribution in [2.24, 2.45) is 11.7 Å². The minimum absolute atomic E-state index is 0.0472. The molecule has 2 atom stereocenters. The third kappa shape index (κ3) is 6.08. The number of hydrogen-bond acceptors (Lipinski definition) is 4. The minimum Gasteiger partial charge on any atom is -0.449 e. The molecule has 0 spiro atoms. The molecule has 0 saturated carbocycles. The lowest BCUT2D eigenvalue weighted by molar-refractivity contribution is -0.123. The second kappa shape index (κ2) is 11.2. The molecule has 2 amide bonds. The van der Waals surface area contributed by atoms with Gasteiger partial charge < -0.3 is 21.1 Å². The van der Waals surface area contributed by atoms with Crippen LogP contribution in [0.4, 0.5) is 4.79 Å². The van der Waals surface area contributed by atoms with Crippen molar-refractivity contribution in [1.82, 2.24) is 10.6 Å². The van der Waals surface area contributed by atoms with Crippen LogP contribution < -0.4 is 16.4 Å². The molecule has 1 aliphatic carbocycles. The third-order valence-corrected chi connectivity index (χ3v) is 6.29. The van der Waals surface area contributed by atoms with E-state index in [1.54, 1.807) is 0 Å². The van der Waals surface area contributed by atoms with Gasteiger partial charge in [0, 0.05) is 12.3 Å². The maximum absolute atomic E-state index is 13.0. The first-order chi connectivity index (χ1) is 16.9.